The first kappa shape index (κ1) is 17.1. The number of hydrogen-bond donors (Lipinski definition) is 0. The second-order valence-corrected chi connectivity index (χ2v) is 6.74. The van der Waals surface area contributed by atoms with Crippen molar-refractivity contribution in [1.29, 1.82) is 0 Å². The van der Waals surface area contributed by atoms with E-state index in [1.165, 1.54) is 5.56 Å². The number of fused-ring (bicyclic) bond motifs is 1. The Morgan fingerprint density at radius 1 is 0.963 bits per heavy atom. The van der Waals surface area contributed by atoms with Gasteiger partial charge < -0.3 is 9.47 Å². The number of nitrogens with zero attached hydrogens (tertiary/aromatic N) is 1. The molecule has 3 nitrogen and oxygen atoms in total. The Labute approximate surface area is 159 Å². The van der Waals surface area contributed by atoms with E-state index in [2.05, 4.69) is 55.7 Å². The van der Waals surface area contributed by atoms with Crippen LogP contribution in [0.1, 0.15) is 22.3 Å². The van der Waals surface area contributed by atoms with Gasteiger partial charge >= 0.3 is 0 Å². The number of rotatable bonds is 3. The first-order valence-electron chi connectivity index (χ1n) is 8.94. The van der Waals surface area contributed by atoms with Crippen molar-refractivity contribution in [2.45, 2.75) is 6.92 Å². The van der Waals surface area contributed by atoms with Gasteiger partial charge in [-0.15, -0.1) is 0 Å². The summed E-state index contributed by atoms with van der Waals surface area (Å²) in [5.74, 6) is 2.54. The van der Waals surface area contributed by atoms with Gasteiger partial charge in [0.05, 0.1) is 7.11 Å². The molecule has 1 aliphatic heterocycles. The number of hydrogen-bond acceptors (Lipinski definition) is 2. The maximum Gasteiger partial charge on any atom is 0.169 e. The molecule has 0 N–H and O–H groups in total. The molecule has 0 saturated carbocycles. The maximum absolute atomic E-state index is 6.21. The summed E-state index contributed by atoms with van der Waals surface area (Å²) in [6.45, 7) is 2.10. The lowest BCUT2D eigenvalue weighted by molar-refractivity contribution is -0.671. The highest BCUT2D eigenvalue weighted by molar-refractivity contribution is 5.96. The summed E-state index contributed by atoms with van der Waals surface area (Å²) in [6.07, 6.45) is 8.41. The molecule has 0 bridgehead atoms. The average molecular weight is 356 g/mol. The SMILES string of the molecule is COc1ccc(C2=C/C(=C\c3cc[n+](C)cc3)c3cc(C)ccc3O2)cc1. The molecule has 0 amide bonds. The highest BCUT2D eigenvalue weighted by Crippen LogP contribution is 2.38. The molecule has 2 heterocycles. The van der Waals surface area contributed by atoms with E-state index < -0.39 is 0 Å². The molecule has 0 unspecified atom stereocenters. The van der Waals surface area contributed by atoms with E-state index in [0.29, 0.717) is 0 Å². The standard InChI is InChI=1S/C24H22NO2/c1-17-4-9-23-22(14-17)20(15-18-10-12-25(2)13-11-18)16-24(27-23)19-5-7-21(26-3)8-6-19/h4-16H,1-3H3/q+1/b20-15+. The third-order valence-corrected chi connectivity index (χ3v) is 4.65. The van der Waals surface area contributed by atoms with Crippen molar-refractivity contribution in [3.05, 3.63) is 95.3 Å². The molecule has 4 rings (SSSR count). The Hall–Kier alpha value is -3.33. The van der Waals surface area contributed by atoms with E-state index in [9.17, 15) is 0 Å². The zero-order valence-electron chi connectivity index (χ0n) is 15.8. The van der Waals surface area contributed by atoms with Crippen molar-refractivity contribution in [3.8, 4) is 11.5 Å². The highest BCUT2D eigenvalue weighted by Gasteiger charge is 2.18. The van der Waals surface area contributed by atoms with Crippen LogP contribution in [-0.2, 0) is 7.05 Å². The van der Waals surface area contributed by atoms with Crippen LogP contribution >= 0.6 is 0 Å². The number of methoxy groups -OCH3 is 1. The minimum Gasteiger partial charge on any atom is -0.497 e. The fourth-order valence-electron chi connectivity index (χ4n) is 3.13. The van der Waals surface area contributed by atoms with Crippen LogP contribution < -0.4 is 14.0 Å². The molecule has 2 aromatic carbocycles. The Morgan fingerprint density at radius 2 is 1.70 bits per heavy atom. The van der Waals surface area contributed by atoms with Gasteiger partial charge in [0.2, 0.25) is 0 Å². The normalized spacial score (nSPS) is 14.3. The van der Waals surface area contributed by atoms with Crippen LogP contribution in [0.5, 0.6) is 11.5 Å². The van der Waals surface area contributed by atoms with E-state index >= 15 is 0 Å². The predicted molar refractivity (Wildman–Crippen MR) is 108 cm³/mol. The smallest absolute Gasteiger partial charge is 0.169 e. The molecule has 134 valence electrons. The minimum atomic E-state index is 0.833. The van der Waals surface area contributed by atoms with Crippen LogP contribution in [-0.4, -0.2) is 7.11 Å². The van der Waals surface area contributed by atoms with Gasteiger partial charge in [0.15, 0.2) is 12.4 Å². The zero-order valence-corrected chi connectivity index (χ0v) is 15.8. The van der Waals surface area contributed by atoms with Crippen molar-refractivity contribution in [3.63, 3.8) is 0 Å². The predicted octanol–water partition coefficient (Wildman–Crippen LogP) is 4.80. The Morgan fingerprint density at radius 3 is 2.41 bits per heavy atom. The molecule has 0 radical (unpaired) electrons. The van der Waals surface area contributed by atoms with Gasteiger partial charge in [-0.2, -0.15) is 0 Å². The molecular formula is C24H22NO2+. The first-order chi connectivity index (χ1) is 13.1. The molecule has 0 fully saturated rings. The zero-order chi connectivity index (χ0) is 18.8. The van der Waals surface area contributed by atoms with E-state index in [1.54, 1.807) is 7.11 Å². The van der Waals surface area contributed by atoms with E-state index in [1.807, 2.05) is 41.9 Å². The van der Waals surface area contributed by atoms with Crippen LogP contribution in [0.15, 0.2) is 73.1 Å². The van der Waals surface area contributed by atoms with Gasteiger partial charge in [0.1, 0.15) is 24.3 Å². The maximum atomic E-state index is 6.21. The number of ether oxygens (including phenoxy) is 2. The molecule has 0 spiro atoms. The molecule has 3 aromatic rings. The van der Waals surface area contributed by atoms with E-state index in [0.717, 1.165) is 39.5 Å². The molecule has 0 atom stereocenters. The lowest BCUT2D eigenvalue weighted by Gasteiger charge is -2.21. The molecule has 0 saturated heterocycles. The molecule has 3 heteroatoms. The minimum absolute atomic E-state index is 0.833. The average Bonchev–Trinajstić information content (AvgIpc) is 2.70. The lowest BCUT2D eigenvalue weighted by atomic mass is 9.96. The van der Waals surface area contributed by atoms with Crippen molar-refractivity contribution < 1.29 is 14.0 Å². The second kappa shape index (κ2) is 7.12. The van der Waals surface area contributed by atoms with E-state index in [-0.39, 0.29) is 0 Å². The van der Waals surface area contributed by atoms with Crippen LogP contribution in [0.4, 0.5) is 0 Å². The molecule has 1 aliphatic rings. The molecule has 0 aliphatic carbocycles. The summed E-state index contributed by atoms with van der Waals surface area (Å²) in [6, 6.07) is 18.4. The number of aryl methyl sites for hydroxylation is 2. The lowest BCUT2D eigenvalue weighted by Crippen LogP contribution is -2.25. The fraction of sp³-hybridized carbons (Fsp3) is 0.125. The summed E-state index contributed by atoms with van der Waals surface area (Å²) < 4.78 is 13.5. The van der Waals surface area contributed by atoms with Crippen molar-refractivity contribution >= 4 is 17.4 Å². The Balaban J connectivity index is 1.81. The van der Waals surface area contributed by atoms with Crippen LogP contribution in [0.2, 0.25) is 0 Å². The van der Waals surface area contributed by atoms with Gasteiger partial charge in [-0.05, 0) is 66.6 Å². The highest BCUT2D eigenvalue weighted by atomic mass is 16.5. The first-order valence-corrected chi connectivity index (χ1v) is 8.94. The third kappa shape index (κ3) is 3.63. The van der Waals surface area contributed by atoms with Gasteiger partial charge in [-0.1, -0.05) is 11.6 Å². The summed E-state index contributed by atoms with van der Waals surface area (Å²) in [4.78, 5) is 0. The third-order valence-electron chi connectivity index (χ3n) is 4.65. The van der Waals surface area contributed by atoms with Gasteiger partial charge in [0.25, 0.3) is 0 Å². The number of allylic oxidation sites excluding steroid dienone is 2. The number of aromatic nitrogens is 1. The quantitative estimate of drug-likeness (QED) is 0.629. The van der Waals surface area contributed by atoms with Gasteiger partial charge in [0, 0.05) is 23.3 Å². The van der Waals surface area contributed by atoms with Crippen molar-refractivity contribution in [1.82, 2.24) is 0 Å². The largest absolute Gasteiger partial charge is 0.497 e. The summed E-state index contributed by atoms with van der Waals surface area (Å²) >= 11 is 0. The summed E-state index contributed by atoms with van der Waals surface area (Å²) in [5, 5.41) is 0. The van der Waals surface area contributed by atoms with Crippen molar-refractivity contribution in [2.24, 2.45) is 7.05 Å². The second-order valence-electron chi connectivity index (χ2n) is 6.74. The van der Waals surface area contributed by atoms with Crippen LogP contribution in [0.3, 0.4) is 0 Å². The summed E-state index contributed by atoms with van der Waals surface area (Å²) in [7, 11) is 3.69. The Bertz CT molecular complexity index is 1030. The number of benzene rings is 2. The van der Waals surface area contributed by atoms with E-state index in [4.69, 9.17) is 9.47 Å². The number of pyridine rings is 1. The Kier molecular flexibility index (Phi) is 4.51. The molecular weight excluding hydrogens is 334 g/mol. The molecule has 27 heavy (non-hydrogen) atoms. The van der Waals surface area contributed by atoms with Crippen LogP contribution in [0, 0.1) is 6.92 Å². The topological polar surface area (TPSA) is 22.3 Å². The van der Waals surface area contributed by atoms with Gasteiger partial charge in [-0.3, -0.25) is 0 Å². The molecule has 1 aromatic heterocycles. The fourth-order valence-corrected chi connectivity index (χ4v) is 3.13. The van der Waals surface area contributed by atoms with Crippen molar-refractivity contribution in [2.75, 3.05) is 7.11 Å². The summed E-state index contributed by atoms with van der Waals surface area (Å²) in [5.41, 5.74) is 5.64. The van der Waals surface area contributed by atoms with Crippen LogP contribution in [0.25, 0.3) is 17.4 Å². The monoisotopic (exact) mass is 356 g/mol. The van der Waals surface area contributed by atoms with Gasteiger partial charge in [-0.25, -0.2) is 4.57 Å².